The molecule has 0 heterocycles. The van der Waals surface area contributed by atoms with Gasteiger partial charge in [0, 0.05) is 26.2 Å². The van der Waals surface area contributed by atoms with E-state index in [0.717, 1.165) is 26.2 Å². The second-order valence-corrected chi connectivity index (χ2v) is 5.72. The normalized spacial score (nSPS) is 12.4. The van der Waals surface area contributed by atoms with Gasteiger partial charge in [0.25, 0.3) is 0 Å². The predicted octanol–water partition coefficient (Wildman–Crippen LogP) is 2.98. The minimum Gasteiger partial charge on any atom is -0.302 e. The quantitative estimate of drug-likeness (QED) is 0.464. The number of hydrogen-bond acceptors (Lipinski definition) is 2. The van der Waals surface area contributed by atoms with E-state index >= 15 is 0 Å². The molecule has 96 valence electrons. The van der Waals surface area contributed by atoms with Crippen LogP contribution in [0.1, 0.15) is 27.7 Å². The summed E-state index contributed by atoms with van der Waals surface area (Å²) in [7, 11) is -2.86. The van der Waals surface area contributed by atoms with Crippen LogP contribution >= 0.6 is 7.67 Å². The van der Waals surface area contributed by atoms with E-state index in [1.165, 1.54) is 0 Å². The van der Waals surface area contributed by atoms with Gasteiger partial charge in [-0.25, -0.2) is 9.34 Å². The summed E-state index contributed by atoms with van der Waals surface area (Å²) in [6.07, 6.45) is 1.64. The molecular formula is C11H25N2O2P. The highest BCUT2D eigenvalue weighted by atomic mass is 31.2. The largest absolute Gasteiger partial charge is 0.346 e. The van der Waals surface area contributed by atoms with Gasteiger partial charge in [-0.1, -0.05) is 33.8 Å². The SMILES string of the molecule is C=CCOP(=O)(N(CC)CC)N(CC)CC. The molecule has 0 aromatic carbocycles. The third-order valence-corrected chi connectivity index (χ3v) is 5.58. The van der Waals surface area contributed by atoms with Crippen LogP contribution in [0.3, 0.4) is 0 Å². The van der Waals surface area contributed by atoms with Crippen molar-refractivity contribution in [3.05, 3.63) is 12.7 Å². The van der Waals surface area contributed by atoms with Crippen LogP contribution in [0.15, 0.2) is 12.7 Å². The van der Waals surface area contributed by atoms with Gasteiger partial charge in [-0.15, -0.1) is 6.58 Å². The minimum absolute atomic E-state index is 0.324. The maximum atomic E-state index is 12.9. The zero-order valence-electron chi connectivity index (χ0n) is 11.0. The van der Waals surface area contributed by atoms with Crippen LogP contribution < -0.4 is 0 Å². The molecule has 0 aliphatic heterocycles. The Morgan fingerprint density at radius 1 is 1.06 bits per heavy atom. The topological polar surface area (TPSA) is 32.8 Å². The molecular weight excluding hydrogens is 223 g/mol. The number of nitrogens with zero attached hydrogens (tertiary/aromatic N) is 2. The fourth-order valence-electron chi connectivity index (χ4n) is 1.65. The average molecular weight is 248 g/mol. The first-order valence-corrected chi connectivity index (χ1v) is 7.49. The lowest BCUT2D eigenvalue weighted by Gasteiger charge is -2.36. The molecule has 0 fully saturated rings. The van der Waals surface area contributed by atoms with Crippen molar-refractivity contribution in [3.63, 3.8) is 0 Å². The monoisotopic (exact) mass is 248 g/mol. The molecule has 0 saturated carbocycles. The smallest absolute Gasteiger partial charge is 0.302 e. The molecule has 0 aromatic rings. The second kappa shape index (κ2) is 8.02. The summed E-state index contributed by atoms with van der Waals surface area (Å²) >= 11 is 0. The summed E-state index contributed by atoms with van der Waals surface area (Å²) in [5.41, 5.74) is 0. The summed E-state index contributed by atoms with van der Waals surface area (Å²) < 4.78 is 22.2. The Morgan fingerprint density at radius 3 is 1.69 bits per heavy atom. The molecule has 0 aromatic heterocycles. The van der Waals surface area contributed by atoms with Crippen molar-refractivity contribution in [2.24, 2.45) is 0 Å². The van der Waals surface area contributed by atoms with Crippen LogP contribution in [0.25, 0.3) is 0 Å². The van der Waals surface area contributed by atoms with Gasteiger partial charge in [-0.3, -0.25) is 4.57 Å². The van der Waals surface area contributed by atoms with Crippen LogP contribution in [0.2, 0.25) is 0 Å². The van der Waals surface area contributed by atoms with Gasteiger partial charge in [0.05, 0.1) is 6.61 Å². The van der Waals surface area contributed by atoms with E-state index in [0.29, 0.717) is 6.61 Å². The Bertz CT molecular complexity index is 222. The van der Waals surface area contributed by atoms with Crippen LogP contribution in [-0.2, 0) is 9.09 Å². The van der Waals surface area contributed by atoms with Crippen molar-refractivity contribution in [3.8, 4) is 0 Å². The van der Waals surface area contributed by atoms with Crippen molar-refractivity contribution < 1.29 is 9.09 Å². The van der Waals surface area contributed by atoms with Crippen molar-refractivity contribution in [1.29, 1.82) is 0 Å². The number of hydrogen-bond donors (Lipinski definition) is 0. The average Bonchev–Trinajstić information content (AvgIpc) is 2.29. The molecule has 0 aliphatic rings. The Balaban J connectivity index is 4.98. The molecule has 0 unspecified atom stereocenters. The lowest BCUT2D eigenvalue weighted by Crippen LogP contribution is -2.33. The first-order chi connectivity index (χ1) is 7.60. The van der Waals surface area contributed by atoms with E-state index < -0.39 is 7.67 Å². The maximum absolute atomic E-state index is 12.9. The highest BCUT2D eigenvalue weighted by Crippen LogP contribution is 2.53. The molecule has 0 bridgehead atoms. The third kappa shape index (κ3) is 3.70. The molecule has 16 heavy (non-hydrogen) atoms. The first kappa shape index (κ1) is 15.9. The molecule has 4 nitrogen and oxygen atoms in total. The molecule has 0 aliphatic carbocycles. The Kier molecular flexibility index (Phi) is 7.94. The molecule has 0 N–H and O–H groups in total. The van der Waals surface area contributed by atoms with Gasteiger partial charge < -0.3 is 4.52 Å². The summed E-state index contributed by atoms with van der Waals surface area (Å²) in [4.78, 5) is 0. The summed E-state index contributed by atoms with van der Waals surface area (Å²) in [5.74, 6) is 0. The van der Waals surface area contributed by atoms with Gasteiger partial charge in [0.15, 0.2) is 0 Å². The van der Waals surface area contributed by atoms with Crippen molar-refractivity contribution in [2.45, 2.75) is 27.7 Å². The van der Waals surface area contributed by atoms with Crippen molar-refractivity contribution >= 4 is 7.67 Å². The fourth-order valence-corrected chi connectivity index (χ4v) is 4.07. The maximum Gasteiger partial charge on any atom is 0.346 e. The lowest BCUT2D eigenvalue weighted by atomic mass is 10.7. The Labute approximate surface area is 99.8 Å². The second-order valence-electron chi connectivity index (χ2n) is 3.35. The zero-order chi connectivity index (χ0) is 12.6. The molecule has 0 spiro atoms. The summed E-state index contributed by atoms with van der Waals surface area (Å²) in [5, 5.41) is 0. The lowest BCUT2D eigenvalue weighted by molar-refractivity contribution is 0.233. The van der Waals surface area contributed by atoms with E-state index in [-0.39, 0.29) is 0 Å². The van der Waals surface area contributed by atoms with Gasteiger partial charge in [0.2, 0.25) is 0 Å². The molecule has 0 radical (unpaired) electrons. The van der Waals surface area contributed by atoms with Gasteiger partial charge in [-0.2, -0.15) is 0 Å². The van der Waals surface area contributed by atoms with Crippen LogP contribution in [-0.4, -0.2) is 42.1 Å². The Hall–Kier alpha value is -0.150. The van der Waals surface area contributed by atoms with E-state index in [4.69, 9.17) is 4.52 Å². The van der Waals surface area contributed by atoms with E-state index in [9.17, 15) is 4.57 Å². The third-order valence-electron chi connectivity index (χ3n) is 2.54. The van der Waals surface area contributed by atoms with Crippen LogP contribution in [0, 0.1) is 0 Å². The molecule has 5 heteroatoms. The summed E-state index contributed by atoms with van der Waals surface area (Å²) in [6.45, 7) is 14.8. The van der Waals surface area contributed by atoms with Gasteiger partial charge >= 0.3 is 7.67 Å². The number of rotatable bonds is 9. The minimum atomic E-state index is -2.86. The molecule has 0 amide bonds. The van der Waals surface area contributed by atoms with E-state index in [2.05, 4.69) is 6.58 Å². The van der Waals surface area contributed by atoms with E-state index in [1.54, 1.807) is 6.08 Å². The first-order valence-electron chi connectivity index (χ1n) is 5.96. The highest BCUT2D eigenvalue weighted by molar-refractivity contribution is 7.53. The van der Waals surface area contributed by atoms with Gasteiger partial charge in [-0.05, 0) is 0 Å². The molecule has 0 atom stereocenters. The van der Waals surface area contributed by atoms with Crippen molar-refractivity contribution in [2.75, 3.05) is 32.8 Å². The fraction of sp³-hybridized carbons (Fsp3) is 0.818. The predicted molar refractivity (Wildman–Crippen MR) is 69.6 cm³/mol. The highest BCUT2D eigenvalue weighted by Gasteiger charge is 2.35. The van der Waals surface area contributed by atoms with Gasteiger partial charge in [0.1, 0.15) is 0 Å². The van der Waals surface area contributed by atoms with E-state index in [1.807, 2.05) is 37.0 Å². The van der Waals surface area contributed by atoms with Crippen molar-refractivity contribution in [1.82, 2.24) is 9.34 Å². The molecule has 0 saturated heterocycles. The molecule has 0 rings (SSSR count). The van der Waals surface area contributed by atoms with Crippen LogP contribution in [0.5, 0.6) is 0 Å². The Morgan fingerprint density at radius 2 is 1.44 bits per heavy atom. The standard InChI is InChI=1S/C11H25N2O2P/c1-6-11-15-16(14,12(7-2)8-3)13(9-4)10-5/h6H,1,7-11H2,2-5H3. The summed E-state index contributed by atoms with van der Waals surface area (Å²) in [6, 6.07) is 0. The van der Waals surface area contributed by atoms with Crippen LogP contribution in [0.4, 0.5) is 0 Å². The zero-order valence-corrected chi connectivity index (χ0v) is 11.9.